The molecule has 40 heavy (non-hydrogen) atoms. The molecule has 8 nitrogen and oxygen atoms in total. The van der Waals surface area contributed by atoms with E-state index in [2.05, 4.69) is 10.1 Å². The van der Waals surface area contributed by atoms with Crippen LogP contribution in [0.2, 0.25) is 5.02 Å². The third kappa shape index (κ3) is 7.17. The van der Waals surface area contributed by atoms with Crippen LogP contribution in [0.1, 0.15) is 46.6 Å². The molecule has 1 atom stereocenters. The summed E-state index contributed by atoms with van der Waals surface area (Å²) < 4.78 is 92.4. The van der Waals surface area contributed by atoms with Gasteiger partial charge in [-0.3, -0.25) is 13.9 Å². The summed E-state index contributed by atoms with van der Waals surface area (Å²) >= 11 is 5.84. The molecule has 0 aliphatic carbocycles. The molecule has 0 spiro atoms. The fourth-order valence-electron chi connectivity index (χ4n) is 4.21. The second kappa shape index (κ2) is 11.1. The first kappa shape index (κ1) is 31.5. The van der Waals surface area contributed by atoms with Gasteiger partial charge in [0.15, 0.2) is 0 Å². The van der Waals surface area contributed by atoms with Crippen LogP contribution >= 0.6 is 11.6 Å². The van der Waals surface area contributed by atoms with Crippen molar-refractivity contribution >= 4 is 39.2 Å². The van der Waals surface area contributed by atoms with E-state index in [9.17, 15) is 35.6 Å². The second-order valence-electron chi connectivity index (χ2n) is 10.6. The lowest BCUT2D eigenvalue weighted by molar-refractivity contribution is -0.257. The molecule has 1 heterocycles. The highest BCUT2D eigenvalue weighted by atomic mass is 35.5. The molecule has 2 aromatic rings. The van der Waals surface area contributed by atoms with E-state index >= 15 is 0 Å². The quantitative estimate of drug-likeness (QED) is 0.328. The predicted octanol–water partition coefficient (Wildman–Crippen LogP) is 5.17. The first-order valence-electron chi connectivity index (χ1n) is 12.1. The molecule has 1 aliphatic heterocycles. The molecule has 0 aromatic heterocycles. The Labute approximate surface area is 234 Å². The van der Waals surface area contributed by atoms with Gasteiger partial charge in [0, 0.05) is 18.9 Å². The Bertz CT molecular complexity index is 1410. The lowest BCUT2D eigenvalue weighted by Gasteiger charge is -2.39. The van der Waals surface area contributed by atoms with Crippen LogP contribution in [0.4, 0.5) is 23.2 Å². The molecule has 2 aromatic carbocycles. The number of benzene rings is 2. The highest BCUT2D eigenvalue weighted by Gasteiger charge is 2.50. The Balaban J connectivity index is 2.00. The number of esters is 1. The van der Waals surface area contributed by atoms with E-state index in [4.69, 9.17) is 16.3 Å². The summed E-state index contributed by atoms with van der Waals surface area (Å²) in [5.41, 5.74) is -3.33. The molecule has 220 valence electrons. The van der Waals surface area contributed by atoms with Crippen LogP contribution in [0.25, 0.3) is 0 Å². The predicted molar refractivity (Wildman–Crippen MR) is 139 cm³/mol. The number of hydrogen-bond acceptors (Lipinski definition) is 6. The summed E-state index contributed by atoms with van der Waals surface area (Å²) in [6.07, 6.45) is -5.93. The summed E-state index contributed by atoms with van der Waals surface area (Å²) in [6, 6.07) is 7.00. The van der Waals surface area contributed by atoms with Gasteiger partial charge in [-0.25, -0.2) is 12.8 Å². The largest absolute Gasteiger partial charge is 0.486 e. The monoisotopic (exact) mass is 608 g/mol. The Morgan fingerprint density at radius 3 is 2.35 bits per heavy atom. The number of alkyl halides is 3. The number of ether oxygens (including phenoxy) is 2. The average molecular weight is 609 g/mol. The molecule has 0 saturated heterocycles. The topological polar surface area (TPSA) is 102 Å². The van der Waals surface area contributed by atoms with Crippen LogP contribution in [-0.4, -0.2) is 50.3 Å². The number of carbonyl (C=O) groups excluding carboxylic acids is 2. The van der Waals surface area contributed by atoms with E-state index in [1.54, 1.807) is 13.8 Å². The van der Waals surface area contributed by atoms with Crippen molar-refractivity contribution < 1.29 is 45.0 Å². The third-order valence-electron chi connectivity index (χ3n) is 6.09. The number of anilines is 1. The molecule has 0 fully saturated rings. The lowest BCUT2D eigenvalue weighted by Crippen LogP contribution is -2.50. The average Bonchev–Trinajstić information content (AvgIpc) is 2.78. The van der Waals surface area contributed by atoms with Crippen LogP contribution in [0.3, 0.4) is 0 Å². The Morgan fingerprint density at radius 1 is 1.12 bits per heavy atom. The molecular weight excluding hydrogens is 580 g/mol. The fourth-order valence-corrected chi connectivity index (χ4v) is 5.98. The minimum absolute atomic E-state index is 0.00872. The first-order chi connectivity index (χ1) is 18.2. The van der Waals surface area contributed by atoms with E-state index in [-0.39, 0.29) is 40.8 Å². The molecule has 1 aliphatic rings. The summed E-state index contributed by atoms with van der Waals surface area (Å²) in [6.45, 7) is 6.03. The van der Waals surface area contributed by atoms with Crippen molar-refractivity contribution in [2.75, 3.05) is 10.8 Å². The van der Waals surface area contributed by atoms with E-state index in [1.165, 1.54) is 25.1 Å². The van der Waals surface area contributed by atoms with Crippen LogP contribution < -0.4 is 14.4 Å². The number of fused-ring (bicyclic) bond motifs is 1. The van der Waals surface area contributed by atoms with Crippen LogP contribution in [0.15, 0.2) is 41.3 Å². The van der Waals surface area contributed by atoms with Gasteiger partial charge >= 0.3 is 12.1 Å². The zero-order chi connectivity index (χ0) is 30.3. The third-order valence-corrected chi connectivity index (χ3v) is 8.15. The molecule has 0 bridgehead atoms. The van der Waals surface area contributed by atoms with E-state index in [1.807, 2.05) is 0 Å². The molecule has 0 unspecified atom stereocenters. The molecule has 0 saturated carbocycles. The number of rotatable bonds is 8. The zero-order valence-corrected chi connectivity index (χ0v) is 23.9. The first-order valence-corrected chi connectivity index (χ1v) is 13.9. The van der Waals surface area contributed by atoms with Crippen molar-refractivity contribution in [2.24, 2.45) is 0 Å². The van der Waals surface area contributed by atoms with Gasteiger partial charge in [-0.1, -0.05) is 17.7 Å². The van der Waals surface area contributed by atoms with Gasteiger partial charge in [0.2, 0.25) is 11.5 Å². The Kier molecular flexibility index (Phi) is 8.71. The summed E-state index contributed by atoms with van der Waals surface area (Å²) in [5.74, 6) is -2.18. The van der Waals surface area contributed by atoms with Gasteiger partial charge in [0.05, 0.1) is 28.6 Å². The summed E-state index contributed by atoms with van der Waals surface area (Å²) in [4.78, 5) is 23.7. The molecular formula is C26H29ClF4N2O6S. The van der Waals surface area contributed by atoms with Crippen LogP contribution in [0, 0.1) is 5.82 Å². The van der Waals surface area contributed by atoms with Crippen molar-refractivity contribution in [2.45, 2.75) is 75.8 Å². The van der Waals surface area contributed by atoms with Gasteiger partial charge in [-0.2, -0.15) is 13.2 Å². The maximum absolute atomic E-state index is 13.8. The number of amides is 1. The van der Waals surface area contributed by atoms with Gasteiger partial charge in [-0.05, 0) is 63.6 Å². The highest BCUT2D eigenvalue weighted by molar-refractivity contribution is 7.92. The lowest BCUT2D eigenvalue weighted by atomic mass is 9.95. The van der Waals surface area contributed by atoms with E-state index in [0.29, 0.717) is 0 Å². The molecule has 14 heteroatoms. The summed E-state index contributed by atoms with van der Waals surface area (Å²) in [5, 5.41) is 2.36. The number of halogens is 5. The van der Waals surface area contributed by atoms with Crippen molar-refractivity contribution in [1.29, 1.82) is 0 Å². The smallest absolute Gasteiger partial charge is 0.427 e. The number of sulfonamides is 1. The van der Waals surface area contributed by atoms with E-state index < -0.39 is 56.7 Å². The van der Waals surface area contributed by atoms with E-state index in [0.717, 1.165) is 36.4 Å². The number of hydrogen-bond donors (Lipinski definition) is 1. The van der Waals surface area contributed by atoms with Crippen LogP contribution in [0.5, 0.6) is 5.75 Å². The van der Waals surface area contributed by atoms with Crippen molar-refractivity contribution in [3.63, 3.8) is 0 Å². The molecule has 1 amide bonds. The minimum atomic E-state index is -4.80. The SMILES string of the molecule is CC(=O)NC(C)(C)C[C@H]1CN(S(=O)(=O)c2ccc(F)c(Cl)c2)c2cc(CC(=O)OC(C)(C)C(F)(F)F)ccc2O1. The second-order valence-corrected chi connectivity index (χ2v) is 12.9. The standard InChI is InChI=1S/C26H29ClF4N2O6S/c1-15(34)32-24(2,3)13-17-14-33(40(36,37)18-7-8-20(28)19(27)12-18)21-10-16(6-9-22(21)38-17)11-23(35)39-25(4,5)26(29,30)31/h6-10,12,17H,11,13-14H2,1-5H3,(H,32,34)/t17-/m0/s1. The maximum atomic E-state index is 13.8. The number of carbonyl (C=O) groups is 2. The van der Waals surface area contributed by atoms with Gasteiger partial charge < -0.3 is 14.8 Å². The van der Waals surface area contributed by atoms with Crippen molar-refractivity contribution in [3.8, 4) is 5.75 Å². The van der Waals surface area contributed by atoms with Gasteiger partial charge in [0.1, 0.15) is 17.7 Å². The highest BCUT2D eigenvalue weighted by Crippen LogP contribution is 2.40. The fraction of sp³-hybridized carbons (Fsp3) is 0.462. The maximum Gasteiger partial charge on any atom is 0.427 e. The summed E-state index contributed by atoms with van der Waals surface area (Å²) in [7, 11) is -4.37. The number of nitrogens with zero attached hydrogens (tertiary/aromatic N) is 1. The van der Waals surface area contributed by atoms with Crippen molar-refractivity contribution in [3.05, 3.63) is 52.8 Å². The van der Waals surface area contributed by atoms with Crippen molar-refractivity contribution in [1.82, 2.24) is 5.32 Å². The molecule has 1 N–H and O–H groups in total. The van der Waals surface area contributed by atoms with Gasteiger partial charge in [-0.15, -0.1) is 0 Å². The minimum Gasteiger partial charge on any atom is -0.486 e. The zero-order valence-electron chi connectivity index (χ0n) is 22.4. The molecule has 3 rings (SSSR count). The Morgan fingerprint density at radius 2 is 1.77 bits per heavy atom. The van der Waals surface area contributed by atoms with Gasteiger partial charge in [0.25, 0.3) is 10.0 Å². The number of nitrogens with one attached hydrogen (secondary N) is 1. The normalized spacial score (nSPS) is 16.1. The molecule has 0 radical (unpaired) electrons. The Hall–Kier alpha value is -3.06. The van der Waals surface area contributed by atoms with Crippen LogP contribution in [-0.2, 0) is 30.8 Å².